The van der Waals surface area contributed by atoms with E-state index in [0.717, 1.165) is 5.56 Å². The van der Waals surface area contributed by atoms with Gasteiger partial charge in [0.25, 0.3) is 5.91 Å². The first-order valence-corrected chi connectivity index (χ1v) is 5.93. The van der Waals surface area contributed by atoms with Crippen LogP contribution in [0.2, 0.25) is 0 Å². The van der Waals surface area contributed by atoms with E-state index in [4.69, 9.17) is 0 Å². The van der Waals surface area contributed by atoms with E-state index >= 15 is 0 Å². The van der Waals surface area contributed by atoms with Crippen LogP contribution in [-0.4, -0.2) is 20.4 Å². The number of hydrogen-bond donors (Lipinski definition) is 2. The molecule has 1 fully saturated rings. The zero-order valence-electron chi connectivity index (χ0n) is 9.80. The summed E-state index contributed by atoms with van der Waals surface area (Å²) in [5, 5.41) is 0. The molecule has 16 heavy (non-hydrogen) atoms. The Kier molecular flexibility index (Phi) is 5.52. The van der Waals surface area contributed by atoms with Gasteiger partial charge in [-0.05, 0) is 12.0 Å². The standard InChI is InChI=1S/C9H10N2O3S.Cs.H/c12-9-8(10-15(13,14)11-9)6-7-4-2-1-3-5-7;;/h1-5,8,10H,6H2,(H,11,12);;/q;+1;-1. The van der Waals surface area contributed by atoms with E-state index in [1.54, 1.807) is 0 Å². The largest absolute Gasteiger partial charge is 1.00 e. The molecule has 0 spiro atoms. The van der Waals surface area contributed by atoms with Crippen molar-refractivity contribution in [2.45, 2.75) is 12.5 Å². The Hall–Kier alpha value is 0.652. The van der Waals surface area contributed by atoms with Crippen molar-refractivity contribution in [1.82, 2.24) is 9.44 Å². The van der Waals surface area contributed by atoms with E-state index in [9.17, 15) is 13.2 Å². The van der Waals surface area contributed by atoms with Gasteiger partial charge in [-0.25, -0.2) is 4.72 Å². The van der Waals surface area contributed by atoms with Gasteiger partial charge in [0, 0.05) is 0 Å². The number of nitrogens with one attached hydrogen (secondary N) is 2. The predicted molar refractivity (Wildman–Crippen MR) is 55.2 cm³/mol. The molecule has 0 bridgehead atoms. The van der Waals surface area contributed by atoms with Crippen LogP contribution in [0, 0.1) is 0 Å². The van der Waals surface area contributed by atoms with Crippen molar-refractivity contribution in [3.05, 3.63) is 35.9 Å². The molecular formula is C9H11CsN2O3S. The minimum Gasteiger partial charge on any atom is -1.00 e. The zero-order valence-corrected chi connectivity index (χ0v) is 15.9. The Morgan fingerprint density at radius 1 is 1.25 bits per heavy atom. The Morgan fingerprint density at radius 3 is 2.38 bits per heavy atom. The van der Waals surface area contributed by atoms with E-state index in [1.165, 1.54) is 0 Å². The third-order valence-corrected chi connectivity index (χ3v) is 3.20. The Bertz CT molecular complexity index is 480. The molecule has 2 N–H and O–H groups in total. The maximum absolute atomic E-state index is 11.2. The van der Waals surface area contributed by atoms with Crippen LogP contribution in [-0.2, 0) is 21.4 Å². The average Bonchev–Trinajstić information content (AvgIpc) is 2.41. The molecule has 1 aliphatic heterocycles. The summed E-state index contributed by atoms with van der Waals surface area (Å²) >= 11 is 0. The molecule has 1 unspecified atom stereocenters. The van der Waals surface area contributed by atoms with Crippen LogP contribution >= 0.6 is 0 Å². The second-order valence-electron chi connectivity index (χ2n) is 3.33. The second kappa shape index (κ2) is 6.01. The Balaban J connectivity index is 0.00000128. The molecule has 1 aromatic rings. The van der Waals surface area contributed by atoms with E-state index in [1.807, 2.05) is 35.1 Å². The van der Waals surface area contributed by atoms with Crippen molar-refractivity contribution in [1.29, 1.82) is 0 Å². The van der Waals surface area contributed by atoms with Crippen molar-refractivity contribution >= 4 is 16.1 Å². The number of amides is 1. The van der Waals surface area contributed by atoms with Crippen molar-refractivity contribution in [2.24, 2.45) is 0 Å². The van der Waals surface area contributed by atoms with Crippen molar-refractivity contribution in [3.63, 3.8) is 0 Å². The predicted octanol–water partition coefficient (Wildman–Crippen LogP) is -3.32. The van der Waals surface area contributed by atoms with Gasteiger partial charge in [-0.1, -0.05) is 30.3 Å². The third kappa shape index (κ3) is 3.84. The molecule has 5 nitrogen and oxygen atoms in total. The van der Waals surface area contributed by atoms with Crippen LogP contribution in [0.25, 0.3) is 0 Å². The first-order valence-electron chi connectivity index (χ1n) is 4.45. The summed E-state index contributed by atoms with van der Waals surface area (Å²) in [6.07, 6.45) is 0.367. The van der Waals surface area contributed by atoms with Gasteiger partial charge in [0.1, 0.15) is 6.04 Å². The summed E-state index contributed by atoms with van der Waals surface area (Å²) in [5.74, 6) is -0.501. The fourth-order valence-corrected chi connectivity index (χ4v) is 2.49. The molecule has 1 atom stereocenters. The van der Waals surface area contributed by atoms with E-state index < -0.39 is 22.2 Å². The van der Waals surface area contributed by atoms with Gasteiger partial charge in [-0.15, -0.1) is 0 Å². The van der Waals surface area contributed by atoms with Gasteiger partial charge in [-0.3, -0.25) is 4.79 Å². The molecule has 1 saturated heterocycles. The van der Waals surface area contributed by atoms with Gasteiger partial charge in [-0.2, -0.15) is 13.1 Å². The van der Waals surface area contributed by atoms with Crippen molar-refractivity contribution < 1.29 is 83.5 Å². The molecule has 0 aromatic heterocycles. The molecule has 7 heteroatoms. The molecule has 1 aliphatic rings. The number of benzene rings is 1. The fraction of sp³-hybridized carbons (Fsp3) is 0.222. The quantitative estimate of drug-likeness (QED) is 0.580. The minimum absolute atomic E-state index is 0. The fourth-order valence-electron chi connectivity index (χ4n) is 1.46. The molecule has 0 radical (unpaired) electrons. The van der Waals surface area contributed by atoms with Gasteiger partial charge < -0.3 is 1.43 Å². The van der Waals surface area contributed by atoms with Crippen molar-refractivity contribution in [2.75, 3.05) is 0 Å². The second-order valence-corrected chi connectivity index (χ2v) is 4.78. The maximum atomic E-state index is 11.2. The monoisotopic (exact) mass is 360 g/mol. The minimum atomic E-state index is -3.61. The van der Waals surface area contributed by atoms with Crippen LogP contribution in [0.4, 0.5) is 0 Å². The summed E-state index contributed by atoms with van der Waals surface area (Å²) in [7, 11) is -3.61. The third-order valence-electron chi connectivity index (χ3n) is 2.13. The Morgan fingerprint density at radius 2 is 1.88 bits per heavy atom. The van der Waals surface area contributed by atoms with Crippen LogP contribution in [0.3, 0.4) is 0 Å². The zero-order chi connectivity index (χ0) is 10.9. The van der Waals surface area contributed by atoms with Gasteiger partial charge in [0.05, 0.1) is 0 Å². The van der Waals surface area contributed by atoms with Crippen molar-refractivity contribution in [3.8, 4) is 0 Å². The van der Waals surface area contributed by atoms with Crippen LogP contribution in [0.5, 0.6) is 0 Å². The van der Waals surface area contributed by atoms with E-state index in [0.29, 0.717) is 6.42 Å². The summed E-state index contributed by atoms with van der Waals surface area (Å²) in [5.41, 5.74) is 0.919. The molecule has 0 aliphatic carbocycles. The first kappa shape index (κ1) is 14.7. The van der Waals surface area contributed by atoms with Crippen LogP contribution < -0.4 is 78.3 Å². The summed E-state index contributed by atoms with van der Waals surface area (Å²) in [6, 6.07) is 8.55. The molecule has 2 rings (SSSR count). The maximum Gasteiger partial charge on any atom is 1.00 e. The Labute approximate surface area is 154 Å². The molecular weight excluding hydrogens is 349 g/mol. The van der Waals surface area contributed by atoms with Gasteiger partial charge in [0.15, 0.2) is 0 Å². The molecule has 82 valence electrons. The van der Waals surface area contributed by atoms with Crippen LogP contribution in [0.15, 0.2) is 30.3 Å². The molecule has 1 amide bonds. The number of carbonyl (C=O) groups is 1. The summed E-state index contributed by atoms with van der Waals surface area (Å²) in [6.45, 7) is 0. The number of hydrogen-bond acceptors (Lipinski definition) is 3. The first-order chi connectivity index (χ1) is 7.07. The van der Waals surface area contributed by atoms with Gasteiger partial charge in [0.2, 0.25) is 0 Å². The topological polar surface area (TPSA) is 75.3 Å². The SMILES string of the molecule is O=C1NS(=O)(=O)NC1Cc1ccccc1.[Cs+].[H-]. The average molecular weight is 360 g/mol. The molecule has 0 saturated carbocycles. The molecule has 1 heterocycles. The van der Waals surface area contributed by atoms with E-state index in [-0.39, 0.29) is 70.3 Å². The van der Waals surface area contributed by atoms with E-state index in [2.05, 4.69) is 4.72 Å². The summed E-state index contributed by atoms with van der Waals surface area (Å²) < 4.78 is 26.1. The van der Waals surface area contributed by atoms with Gasteiger partial charge >= 0.3 is 79.1 Å². The number of rotatable bonds is 2. The smallest absolute Gasteiger partial charge is 1.00 e. The normalized spacial score (nSPS) is 22.2. The number of carbonyl (C=O) groups excluding carboxylic acids is 1. The van der Waals surface area contributed by atoms with Crippen LogP contribution in [0.1, 0.15) is 6.99 Å². The summed E-state index contributed by atoms with van der Waals surface area (Å²) in [4.78, 5) is 11.2. The molecule has 1 aromatic carbocycles.